The molecule has 1 aliphatic heterocycles. The maximum atomic E-state index is 13.7. The van der Waals surface area contributed by atoms with Crippen LogP contribution in [-0.2, 0) is 21.3 Å². The summed E-state index contributed by atoms with van der Waals surface area (Å²) in [6.45, 7) is 2.70. The fraction of sp³-hybridized carbons (Fsp3) is 0.308. The molecular weight excluding hydrogens is 486 g/mol. The highest BCUT2D eigenvalue weighted by molar-refractivity contribution is 7.89. The van der Waals surface area contributed by atoms with Crippen LogP contribution in [0.25, 0.3) is 0 Å². The largest absolute Gasteiger partial charge is 0.448 e. The Morgan fingerprint density at radius 1 is 1.06 bits per heavy atom. The second-order valence-corrected chi connectivity index (χ2v) is 10.7. The van der Waals surface area contributed by atoms with Gasteiger partial charge in [0.15, 0.2) is 0 Å². The van der Waals surface area contributed by atoms with Gasteiger partial charge in [-0.2, -0.15) is 4.31 Å². The number of hydrogen-bond donors (Lipinski definition) is 0. The number of pyridine rings is 1. The fourth-order valence-electron chi connectivity index (χ4n) is 4.37. The highest BCUT2D eigenvalue weighted by atomic mass is 35.5. The lowest BCUT2D eigenvalue weighted by Gasteiger charge is -2.30. The van der Waals surface area contributed by atoms with Crippen molar-refractivity contribution in [2.24, 2.45) is 0 Å². The van der Waals surface area contributed by atoms with E-state index in [9.17, 15) is 13.2 Å². The van der Waals surface area contributed by atoms with Crippen molar-refractivity contribution >= 4 is 27.7 Å². The van der Waals surface area contributed by atoms with Crippen LogP contribution in [0.3, 0.4) is 0 Å². The molecule has 3 aromatic rings. The minimum Gasteiger partial charge on any atom is -0.448 e. The van der Waals surface area contributed by atoms with Crippen molar-refractivity contribution in [1.82, 2.24) is 14.2 Å². The van der Waals surface area contributed by atoms with Gasteiger partial charge in [0.1, 0.15) is 6.61 Å². The summed E-state index contributed by atoms with van der Waals surface area (Å²) in [5.74, 6) is 0. The highest BCUT2D eigenvalue weighted by Gasteiger charge is 2.43. The van der Waals surface area contributed by atoms with Gasteiger partial charge >= 0.3 is 6.09 Å². The topological polar surface area (TPSA) is 79.8 Å². The van der Waals surface area contributed by atoms with E-state index < -0.39 is 22.2 Å². The molecule has 35 heavy (non-hydrogen) atoms. The van der Waals surface area contributed by atoms with E-state index >= 15 is 0 Å². The monoisotopic (exact) mass is 513 g/mol. The number of sulfonamides is 1. The van der Waals surface area contributed by atoms with E-state index in [-0.39, 0.29) is 17.5 Å². The van der Waals surface area contributed by atoms with Gasteiger partial charge < -0.3 is 9.64 Å². The van der Waals surface area contributed by atoms with Crippen molar-refractivity contribution < 1.29 is 17.9 Å². The van der Waals surface area contributed by atoms with E-state index in [2.05, 4.69) is 4.98 Å². The molecular formula is C26H28ClN3O4S. The Kier molecular flexibility index (Phi) is 8.05. The molecule has 2 aromatic carbocycles. The highest BCUT2D eigenvalue weighted by Crippen LogP contribution is 2.40. The summed E-state index contributed by atoms with van der Waals surface area (Å²) in [6.07, 6.45) is 4.09. The number of nitrogens with zero attached hydrogens (tertiary/aromatic N) is 3. The van der Waals surface area contributed by atoms with Crippen molar-refractivity contribution in [3.8, 4) is 0 Å². The van der Waals surface area contributed by atoms with Gasteiger partial charge in [-0.3, -0.25) is 4.98 Å². The van der Waals surface area contributed by atoms with Crippen LogP contribution in [-0.4, -0.2) is 47.9 Å². The standard InChI is InChI=1S/C26H28ClN3O4S/c1-2-29(18-20-14-16-28-17-15-20)26(31)34-19-23-10-13-25(21-6-4-3-5-7-21)30(23)35(32,33)24-11-8-22(27)9-12-24/h3-9,11-12,14-17,23,25H,2,10,13,18-19H2,1H3/t23-,25+/m1/s1. The van der Waals surface area contributed by atoms with E-state index in [1.807, 2.05) is 49.4 Å². The van der Waals surface area contributed by atoms with Crippen molar-refractivity contribution in [1.29, 1.82) is 0 Å². The molecule has 0 saturated carbocycles. The first-order chi connectivity index (χ1) is 16.9. The average Bonchev–Trinajstić information content (AvgIpc) is 3.32. The zero-order valence-corrected chi connectivity index (χ0v) is 21.0. The van der Waals surface area contributed by atoms with Crippen molar-refractivity contribution in [2.75, 3.05) is 13.2 Å². The van der Waals surface area contributed by atoms with Crippen LogP contribution in [0.1, 0.15) is 36.9 Å². The zero-order valence-electron chi connectivity index (χ0n) is 19.5. The second-order valence-electron chi connectivity index (χ2n) is 8.39. The van der Waals surface area contributed by atoms with Crippen molar-refractivity contribution in [3.63, 3.8) is 0 Å². The summed E-state index contributed by atoms with van der Waals surface area (Å²) >= 11 is 5.99. The minimum absolute atomic E-state index is 0.0260. The van der Waals surface area contributed by atoms with Crippen LogP contribution in [0.15, 0.2) is 84.0 Å². The SMILES string of the molecule is CCN(Cc1ccncc1)C(=O)OC[C@H]1CC[C@@H](c2ccccc2)N1S(=O)(=O)c1ccc(Cl)cc1. The third-order valence-corrected chi connectivity index (χ3v) is 8.40. The van der Waals surface area contributed by atoms with E-state index in [1.54, 1.807) is 29.4 Å². The molecule has 0 aliphatic carbocycles. The minimum atomic E-state index is -3.86. The number of carbonyl (C=O) groups excluding carboxylic acids is 1. The number of halogens is 1. The smallest absolute Gasteiger partial charge is 0.410 e. The Balaban J connectivity index is 1.54. The van der Waals surface area contributed by atoms with E-state index in [4.69, 9.17) is 16.3 Å². The molecule has 2 atom stereocenters. The second kappa shape index (κ2) is 11.2. The van der Waals surface area contributed by atoms with Gasteiger partial charge in [0.05, 0.1) is 17.0 Å². The van der Waals surface area contributed by atoms with Crippen LogP contribution < -0.4 is 0 Å². The van der Waals surface area contributed by atoms with Gasteiger partial charge in [0, 0.05) is 30.5 Å². The summed E-state index contributed by atoms with van der Waals surface area (Å²) in [7, 11) is -3.86. The Morgan fingerprint density at radius 2 is 1.74 bits per heavy atom. The van der Waals surface area contributed by atoms with Crippen LogP contribution in [0.5, 0.6) is 0 Å². The van der Waals surface area contributed by atoms with Crippen LogP contribution in [0.2, 0.25) is 5.02 Å². The lowest BCUT2D eigenvalue weighted by molar-refractivity contribution is 0.0843. The zero-order chi connectivity index (χ0) is 24.8. The van der Waals surface area contributed by atoms with Gasteiger partial charge in [0.2, 0.25) is 10.0 Å². The quantitative estimate of drug-likeness (QED) is 0.409. The molecule has 0 radical (unpaired) electrons. The number of hydrogen-bond acceptors (Lipinski definition) is 5. The van der Waals surface area contributed by atoms with Crippen molar-refractivity contribution in [3.05, 3.63) is 95.3 Å². The third-order valence-electron chi connectivity index (χ3n) is 6.18. The van der Waals surface area contributed by atoms with Crippen molar-refractivity contribution in [2.45, 2.75) is 43.3 Å². The van der Waals surface area contributed by atoms with Crippen LogP contribution >= 0.6 is 11.6 Å². The normalized spacial score (nSPS) is 18.3. The first-order valence-corrected chi connectivity index (χ1v) is 13.4. The summed E-state index contributed by atoms with van der Waals surface area (Å²) in [5.41, 5.74) is 1.85. The van der Waals surface area contributed by atoms with E-state index in [0.29, 0.717) is 31.0 Å². The molecule has 0 unspecified atom stereocenters. The summed E-state index contributed by atoms with van der Waals surface area (Å²) in [4.78, 5) is 18.6. The molecule has 1 aromatic heterocycles. The van der Waals surface area contributed by atoms with Gasteiger partial charge in [-0.05, 0) is 67.3 Å². The molecule has 4 rings (SSSR count). The maximum absolute atomic E-state index is 13.7. The number of benzene rings is 2. The lowest BCUT2D eigenvalue weighted by Crippen LogP contribution is -2.41. The molecule has 0 spiro atoms. The van der Waals surface area contributed by atoms with Gasteiger partial charge in [-0.25, -0.2) is 13.2 Å². The fourth-order valence-corrected chi connectivity index (χ4v) is 6.34. The Bertz CT molecular complexity index is 1220. The predicted molar refractivity (Wildman–Crippen MR) is 134 cm³/mol. The van der Waals surface area contributed by atoms with Crippen LogP contribution in [0.4, 0.5) is 4.79 Å². The number of ether oxygens (including phenoxy) is 1. The molecule has 1 saturated heterocycles. The first kappa shape index (κ1) is 25.2. The van der Waals surface area contributed by atoms with E-state index in [1.165, 1.54) is 16.4 Å². The number of aromatic nitrogens is 1. The van der Waals surface area contributed by atoms with E-state index in [0.717, 1.165) is 11.1 Å². The Morgan fingerprint density at radius 3 is 2.40 bits per heavy atom. The summed E-state index contributed by atoms with van der Waals surface area (Å²) < 4.78 is 34.6. The maximum Gasteiger partial charge on any atom is 0.410 e. The molecule has 1 fully saturated rings. The molecule has 9 heteroatoms. The van der Waals surface area contributed by atoms with Crippen LogP contribution in [0, 0.1) is 0 Å². The summed E-state index contributed by atoms with van der Waals surface area (Å²) in [5, 5.41) is 0.462. The first-order valence-electron chi connectivity index (χ1n) is 11.5. The molecule has 184 valence electrons. The molecule has 7 nitrogen and oxygen atoms in total. The Hall–Kier alpha value is -2.94. The lowest BCUT2D eigenvalue weighted by atomic mass is 10.1. The molecule has 1 amide bonds. The van der Waals surface area contributed by atoms with Gasteiger partial charge in [-0.15, -0.1) is 0 Å². The molecule has 0 bridgehead atoms. The van der Waals surface area contributed by atoms with Gasteiger partial charge in [0.25, 0.3) is 0 Å². The Labute approximate surface area is 211 Å². The average molecular weight is 514 g/mol. The van der Waals surface area contributed by atoms with Gasteiger partial charge in [-0.1, -0.05) is 41.9 Å². The molecule has 2 heterocycles. The third kappa shape index (κ3) is 5.83. The predicted octanol–water partition coefficient (Wildman–Crippen LogP) is 5.29. The number of amides is 1. The molecule has 1 aliphatic rings. The number of carbonyl (C=O) groups is 1. The molecule has 0 N–H and O–H groups in total. The summed E-state index contributed by atoms with van der Waals surface area (Å²) in [6, 6.07) is 18.6. The number of rotatable bonds is 8.